The molecule has 4 unspecified atom stereocenters. The topological polar surface area (TPSA) is 50.4 Å². The third-order valence-corrected chi connectivity index (χ3v) is 5.72. The van der Waals surface area contributed by atoms with Gasteiger partial charge in [-0.3, -0.25) is 0 Å². The Bertz CT molecular complexity index is 574. The summed E-state index contributed by atoms with van der Waals surface area (Å²) in [5, 5.41) is 6.17. The number of nitrogens with one attached hydrogen (secondary N) is 2. The first-order valence-electron chi connectivity index (χ1n) is 8.67. The lowest BCUT2D eigenvalue weighted by molar-refractivity contribution is 0.00473. The summed E-state index contributed by atoms with van der Waals surface area (Å²) >= 11 is 0. The zero-order valence-electron chi connectivity index (χ0n) is 14.4. The van der Waals surface area contributed by atoms with Crippen molar-refractivity contribution in [2.75, 3.05) is 13.7 Å². The monoisotopic (exact) mass is 316 g/mol. The fraction of sp³-hybridized carbons (Fsp3) is 0.632. The molecule has 2 fully saturated rings. The van der Waals surface area contributed by atoms with Gasteiger partial charge in [-0.15, -0.1) is 0 Å². The molecule has 0 heterocycles. The summed E-state index contributed by atoms with van der Waals surface area (Å²) in [5.41, 5.74) is 1.76. The lowest BCUT2D eigenvalue weighted by Gasteiger charge is -2.30. The summed E-state index contributed by atoms with van der Waals surface area (Å²) in [6.07, 6.45) is 5.07. The van der Waals surface area contributed by atoms with E-state index in [2.05, 4.69) is 29.7 Å². The van der Waals surface area contributed by atoms with Gasteiger partial charge in [0.15, 0.2) is 0 Å². The number of ether oxygens (including phenoxy) is 1. The molecule has 126 valence electrons. The van der Waals surface area contributed by atoms with Crippen LogP contribution >= 0.6 is 0 Å². The van der Waals surface area contributed by atoms with Crippen molar-refractivity contribution < 1.29 is 9.53 Å². The maximum absolute atomic E-state index is 12.3. The molecule has 2 aliphatic rings. The molecule has 23 heavy (non-hydrogen) atoms. The van der Waals surface area contributed by atoms with E-state index in [0.29, 0.717) is 18.5 Å². The molecule has 0 spiro atoms. The van der Waals surface area contributed by atoms with Crippen LogP contribution in [0.1, 0.15) is 43.7 Å². The van der Waals surface area contributed by atoms with Crippen LogP contribution in [0.4, 0.5) is 4.79 Å². The molecule has 0 aromatic heterocycles. The van der Waals surface area contributed by atoms with Gasteiger partial charge in [0.2, 0.25) is 0 Å². The van der Waals surface area contributed by atoms with Crippen LogP contribution < -0.4 is 10.6 Å². The number of urea groups is 1. The van der Waals surface area contributed by atoms with Crippen LogP contribution in [0.25, 0.3) is 0 Å². The summed E-state index contributed by atoms with van der Waals surface area (Å²) in [4.78, 5) is 12.3. The Morgan fingerprint density at radius 1 is 1.35 bits per heavy atom. The number of carbonyl (C=O) groups is 1. The summed E-state index contributed by atoms with van der Waals surface area (Å²) in [6, 6.07) is 8.54. The minimum absolute atomic E-state index is 0.0709. The SMILES string of the molecule is COC(C)(CNC(=O)NC1CC2CCC1C2)c1cccc(C)c1. The van der Waals surface area contributed by atoms with Crippen molar-refractivity contribution in [1.29, 1.82) is 0 Å². The van der Waals surface area contributed by atoms with Crippen LogP contribution in [-0.4, -0.2) is 25.7 Å². The zero-order chi connectivity index (χ0) is 16.4. The number of benzene rings is 1. The van der Waals surface area contributed by atoms with Crippen molar-refractivity contribution in [1.82, 2.24) is 10.6 Å². The van der Waals surface area contributed by atoms with E-state index in [1.165, 1.54) is 24.8 Å². The summed E-state index contributed by atoms with van der Waals surface area (Å²) < 4.78 is 5.71. The van der Waals surface area contributed by atoms with Gasteiger partial charge in [0, 0.05) is 13.2 Å². The van der Waals surface area contributed by atoms with Crippen molar-refractivity contribution in [2.45, 2.75) is 51.2 Å². The molecule has 0 aliphatic heterocycles. The zero-order valence-corrected chi connectivity index (χ0v) is 14.4. The summed E-state index contributed by atoms with van der Waals surface area (Å²) in [5.74, 6) is 1.53. The molecule has 1 aromatic rings. The Morgan fingerprint density at radius 3 is 2.78 bits per heavy atom. The first-order valence-corrected chi connectivity index (χ1v) is 8.67. The van der Waals surface area contributed by atoms with Crippen molar-refractivity contribution in [3.63, 3.8) is 0 Å². The van der Waals surface area contributed by atoms with Crippen LogP contribution in [0.2, 0.25) is 0 Å². The van der Waals surface area contributed by atoms with E-state index in [-0.39, 0.29) is 6.03 Å². The molecule has 4 atom stereocenters. The molecule has 4 heteroatoms. The highest BCUT2D eigenvalue weighted by Gasteiger charge is 2.40. The summed E-state index contributed by atoms with van der Waals surface area (Å²) in [6.45, 7) is 4.54. The Morgan fingerprint density at radius 2 is 2.17 bits per heavy atom. The summed E-state index contributed by atoms with van der Waals surface area (Å²) in [7, 11) is 1.69. The second-order valence-electron chi connectivity index (χ2n) is 7.41. The molecule has 2 aliphatic carbocycles. The van der Waals surface area contributed by atoms with E-state index >= 15 is 0 Å². The molecule has 2 N–H and O–H groups in total. The van der Waals surface area contributed by atoms with Gasteiger partial charge >= 0.3 is 6.03 Å². The molecular weight excluding hydrogens is 288 g/mol. The minimum Gasteiger partial charge on any atom is -0.372 e. The second-order valence-corrected chi connectivity index (χ2v) is 7.41. The Kier molecular flexibility index (Phi) is 4.62. The molecule has 1 aromatic carbocycles. The van der Waals surface area contributed by atoms with E-state index < -0.39 is 5.60 Å². The predicted molar refractivity (Wildman–Crippen MR) is 91.3 cm³/mol. The number of rotatable bonds is 5. The van der Waals surface area contributed by atoms with Gasteiger partial charge in [-0.25, -0.2) is 4.79 Å². The van der Waals surface area contributed by atoms with Gasteiger partial charge in [-0.05, 0) is 50.5 Å². The lowest BCUT2D eigenvalue weighted by atomic mass is 9.94. The van der Waals surface area contributed by atoms with Crippen LogP contribution in [0.5, 0.6) is 0 Å². The van der Waals surface area contributed by atoms with E-state index in [1.807, 2.05) is 19.1 Å². The smallest absolute Gasteiger partial charge is 0.315 e. The van der Waals surface area contributed by atoms with Gasteiger partial charge < -0.3 is 15.4 Å². The van der Waals surface area contributed by atoms with Crippen LogP contribution in [0.15, 0.2) is 24.3 Å². The van der Waals surface area contributed by atoms with Crippen LogP contribution in [0.3, 0.4) is 0 Å². The molecule has 0 saturated heterocycles. The Hall–Kier alpha value is -1.55. The molecule has 2 bridgehead atoms. The minimum atomic E-state index is -0.516. The first-order chi connectivity index (χ1) is 11.0. The third-order valence-electron chi connectivity index (χ3n) is 5.72. The largest absolute Gasteiger partial charge is 0.372 e. The third kappa shape index (κ3) is 3.52. The average molecular weight is 316 g/mol. The normalized spacial score (nSPS) is 28.4. The number of methoxy groups -OCH3 is 1. The van der Waals surface area contributed by atoms with Crippen molar-refractivity contribution in [2.24, 2.45) is 11.8 Å². The highest BCUT2D eigenvalue weighted by atomic mass is 16.5. The fourth-order valence-corrected chi connectivity index (χ4v) is 4.16. The van der Waals surface area contributed by atoms with E-state index in [4.69, 9.17) is 4.74 Å². The van der Waals surface area contributed by atoms with Crippen molar-refractivity contribution >= 4 is 6.03 Å². The fourth-order valence-electron chi connectivity index (χ4n) is 4.16. The van der Waals surface area contributed by atoms with E-state index in [1.54, 1.807) is 7.11 Å². The van der Waals surface area contributed by atoms with Crippen LogP contribution in [0, 0.1) is 18.8 Å². The quantitative estimate of drug-likeness (QED) is 0.875. The molecular formula is C19H28N2O2. The number of hydrogen-bond donors (Lipinski definition) is 2. The van der Waals surface area contributed by atoms with Crippen molar-refractivity contribution in [3.8, 4) is 0 Å². The first kappa shape index (κ1) is 16.3. The molecule has 2 amide bonds. The number of amides is 2. The van der Waals surface area contributed by atoms with Crippen molar-refractivity contribution in [3.05, 3.63) is 35.4 Å². The number of aryl methyl sites for hydroxylation is 1. The maximum atomic E-state index is 12.3. The van der Waals surface area contributed by atoms with Gasteiger partial charge in [-0.1, -0.05) is 36.2 Å². The van der Waals surface area contributed by atoms with Gasteiger partial charge in [-0.2, -0.15) is 0 Å². The van der Waals surface area contributed by atoms with Crippen LogP contribution in [-0.2, 0) is 10.3 Å². The molecule has 3 rings (SSSR count). The van der Waals surface area contributed by atoms with E-state index in [9.17, 15) is 4.79 Å². The van der Waals surface area contributed by atoms with Gasteiger partial charge in [0.05, 0.1) is 6.54 Å². The molecule has 0 radical (unpaired) electrons. The Balaban J connectivity index is 1.56. The molecule has 2 saturated carbocycles. The standard InChI is InChI=1S/C19H28N2O2/c1-13-5-4-6-16(9-13)19(2,23-3)12-20-18(22)21-17-11-14-7-8-15(17)10-14/h4-6,9,14-15,17H,7-8,10-12H2,1-3H3,(H2,20,21,22). The number of hydrogen-bond acceptors (Lipinski definition) is 2. The number of fused-ring (bicyclic) bond motifs is 2. The highest BCUT2D eigenvalue weighted by molar-refractivity contribution is 5.74. The van der Waals surface area contributed by atoms with Gasteiger partial charge in [0.1, 0.15) is 5.60 Å². The maximum Gasteiger partial charge on any atom is 0.315 e. The van der Waals surface area contributed by atoms with E-state index in [0.717, 1.165) is 17.9 Å². The Labute approximate surface area is 139 Å². The lowest BCUT2D eigenvalue weighted by Crippen LogP contribution is -2.48. The number of carbonyl (C=O) groups excluding carboxylic acids is 1. The highest BCUT2D eigenvalue weighted by Crippen LogP contribution is 2.44. The average Bonchev–Trinajstić information content (AvgIpc) is 3.15. The van der Waals surface area contributed by atoms with Gasteiger partial charge in [0.25, 0.3) is 0 Å². The predicted octanol–water partition coefficient (Wildman–Crippen LogP) is 3.34. The second kappa shape index (κ2) is 6.52. The molecule has 4 nitrogen and oxygen atoms in total.